The molecule has 244 valence electrons. The molecular formula is C51H35N. The van der Waals surface area contributed by atoms with Crippen molar-refractivity contribution in [3.8, 4) is 55.6 Å². The highest BCUT2D eigenvalue weighted by Gasteiger charge is 2.25. The van der Waals surface area contributed by atoms with Crippen LogP contribution in [-0.2, 0) is 0 Å². The van der Waals surface area contributed by atoms with Crippen molar-refractivity contribution in [1.82, 2.24) is 0 Å². The van der Waals surface area contributed by atoms with Gasteiger partial charge in [0.05, 0.1) is 0 Å². The summed E-state index contributed by atoms with van der Waals surface area (Å²) in [5.41, 5.74) is 17.4. The van der Waals surface area contributed by atoms with Crippen molar-refractivity contribution in [2.24, 2.45) is 0 Å². The summed E-state index contributed by atoms with van der Waals surface area (Å²) in [6.45, 7) is 2.21. The first-order chi connectivity index (χ1) is 25.7. The molecule has 0 radical (unpaired) electrons. The molecule has 9 aromatic rings. The van der Waals surface area contributed by atoms with Crippen LogP contribution in [0.1, 0.15) is 5.56 Å². The smallest absolute Gasteiger partial charge is 0.0496 e. The Morgan fingerprint density at radius 1 is 0.288 bits per heavy atom. The second-order valence-corrected chi connectivity index (χ2v) is 13.8. The molecule has 0 aromatic heterocycles. The average Bonchev–Trinajstić information content (AvgIpc) is 3.21. The fourth-order valence-electron chi connectivity index (χ4n) is 7.98. The van der Waals surface area contributed by atoms with E-state index in [0.717, 1.165) is 11.4 Å². The lowest BCUT2D eigenvalue weighted by Crippen LogP contribution is -2.11. The van der Waals surface area contributed by atoms with Crippen LogP contribution < -0.4 is 4.90 Å². The zero-order chi connectivity index (χ0) is 34.6. The number of hydrogen-bond donors (Lipinski definition) is 0. The van der Waals surface area contributed by atoms with Gasteiger partial charge in [0.15, 0.2) is 0 Å². The number of anilines is 3. The molecule has 0 heterocycles. The standard InChI is InChI=1S/C51H35N/c1-34-22-23-39(35-14-6-2-7-15-35)33-51(34)52(43-20-12-5-13-21-43)44-25-24-38-27-47-48(30-40(38)26-44)50-32-42-29-46(37-18-10-4-11-19-37)45(28-41(42)31-49(47)50)36-16-8-3-9-17-36/h2-33H,1H3. The van der Waals surface area contributed by atoms with Gasteiger partial charge in [0.1, 0.15) is 0 Å². The topological polar surface area (TPSA) is 3.24 Å². The number of hydrogen-bond acceptors (Lipinski definition) is 1. The van der Waals surface area contributed by atoms with E-state index in [-0.39, 0.29) is 0 Å². The highest BCUT2D eigenvalue weighted by atomic mass is 15.1. The molecule has 0 atom stereocenters. The van der Waals surface area contributed by atoms with E-state index in [4.69, 9.17) is 0 Å². The average molecular weight is 662 g/mol. The summed E-state index contributed by atoms with van der Waals surface area (Å²) in [7, 11) is 0. The Bertz CT molecular complexity index is 2770. The van der Waals surface area contributed by atoms with Crippen molar-refractivity contribution in [3.63, 3.8) is 0 Å². The van der Waals surface area contributed by atoms with Crippen LogP contribution in [0.2, 0.25) is 0 Å². The molecule has 1 aliphatic rings. The fourth-order valence-corrected chi connectivity index (χ4v) is 7.98. The van der Waals surface area contributed by atoms with Gasteiger partial charge in [-0.2, -0.15) is 0 Å². The largest absolute Gasteiger partial charge is 0.310 e. The van der Waals surface area contributed by atoms with Crippen LogP contribution in [0.25, 0.3) is 77.2 Å². The third-order valence-electron chi connectivity index (χ3n) is 10.7. The fraction of sp³-hybridized carbons (Fsp3) is 0.0196. The summed E-state index contributed by atoms with van der Waals surface area (Å²) in [4.78, 5) is 2.40. The van der Waals surface area contributed by atoms with Gasteiger partial charge < -0.3 is 4.90 Å². The van der Waals surface area contributed by atoms with E-state index < -0.39 is 0 Å². The predicted octanol–water partition coefficient (Wildman–Crippen LogP) is 14.4. The molecule has 9 aromatic carbocycles. The lowest BCUT2D eigenvalue weighted by atomic mass is 9.77. The Labute approximate surface area is 304 Å². The molecule has 0 aliphatic heterocycles. The third-order valence-corrected chi connectivity index (χ3v) is 10.7. The molecule has 0 bridgehead atoms. The molecule has 0 saturated carbocycles. The molecule has 52 heavy (non-hydrogen) atoms. The van der Waals surface area contributed by atoms with E-state index in [2.05, 4.69) is 206 Å². The second kappa shape index (κ2) is 12.3. The van der Waals surface area contributed by atoms with E-state index in [0.29, 0.717) is 0 Å². The van der Waals surface area contributed by atoms with Crippen LogP contribution in [0.5, 0.6) is 0 Å². The number of benzene rings is 9. The van der Waals surface area contributed by atoms with Crippen LogP contribution >= 0.6 is 0 Å². The van der Waals surface area contributed by atoms with Crippen molar-refractivity contribution in [3.05, 3.63) is 200 Å². The first kappa shape index (κ1) is 30.2. The summed E-state index contributed by atoms with van der Waals surface area (Å²) in [6, 6.07) is 71.0. The van der Waals surface area contributed by atoms with Crippen molar-refractivity contribution < 1.29 is 0 Å². The molecule has 0 spiro atoms. The lowest BCUT2D eigenvalue weighted by molar-refractivity contribution is 1.25. The van der Waals surface area contributed by atoms with Crippen LogP contribution in [-0.4, -0.2) is 0 Å². The van der Waals surface area contributed by atoms with Crippen LogP contribution in [0.3, 0.4) is 0 Å². The second-order valence-electron chi connectivity index (χ2n) is 13.8. The van der Waals surface area contributed by atoms with Crippen molar-refractivity contribution in [1.29, 1.82) is 0 Å². The number of aryl methyl sites for hydroxylation is 1. The van der Waals surface area contributed by atoms with E-state index in [1.54, 1.807) is 0 Å². The number of rotatable bonds is 6. The Morgan fingerprint density at radius 3 is 1.27 bits per heavy atom. The molecule has 1 nitrogen and oxygen atoms in total. The maximum atomic E-state index is 2.40. The minimum atomic E-state index is 1.14. The van der Waals surface area contributed by atoms with Crippen LogP contribution in [0, 0.1) is 6.92 Å². The Hall–Kier alpha value is -6.70. The third kappa shape index (κ3) is 5.10. The summed E-state index contributed by atoms with van der Waals surface area (Å²) in [6.07, 6.45) is 0. The van der Waals surface area contributed by atoms with Gasteiger partial charge in [0, 0.05) is 17.1 Å². The normalized spacial score (nSPS) is 11.6. The van der Waals surface area contributed by atoms with Gasteiger partial charge in [-0.15, -0.1) is 0 Å². The zero-order valence-corrected chi connectivity index (χ0v) is 28.9. The van der Waals surface area contributed by atoms with Gasteiger partial charge in [-0.25, -0.2) is 0 Å². The van der Waals surface area contributed by atoms with Gasteiger partial charge in [-0.3, -0.25) is 0 Å². The molecule has 1 heteroatoms. The van der Waals surface area contributed by atoms with Crippen molar-refractivity contribution >= 4 is 38.6 Å². The molecule has 0 unspecified atom stereocenters. The van der Waals surface area contributed by atoms with Crippen LogP contribution in [0.4, 0.5) is 17.1 Å². The maximum absolute atomic E-state index is 2.40. The minimum Gasteiger partial charge on any atom is -0.310 e. The zero-order valence-electron chi connectivity index (χ0n) is 28.9. The molecule has 0 N–H and O–H groups in total. The van der Waals surface area contributed by atoms with Crippen molar-refractivity contribution in [2.45, 2.75) is 6.92 Å². The highest BCUT2D eigenvalue weighted by Crippen LogP contribution is 2.52. The number of fused-ring (bicyclic) bond motifs is 6. The first-order valence-electron chi connectivity index (χ1n) is 18.0. The molecule has 0 saturated heterocycles. The molecular weight excluding hydrogens is 627 g/mol. The Balaban J connectivity index is 1.09. The van der Waals surface area contributed by atoms with Gasteiger partial charge >= 0.3 is 0 Å². The predicted molar refractivity (Wildman–Crippen MR) is 222 cm³/mol. The quantitative estimate of drug-likeness (QED) is 0.171. The van der Waals surface area contributed by atoms with E-state index in [1.165, 1.54) is 88.4 Å². The van der Waals surface area contributed by atoms with Gasteiger partial charge in [0.25, 0.3) is 0 Å². The van der Waals surface area contributed by atoms with Gasteiger partial charge in [-0.1, -0.05) is 127 Å². The summed E-state index contributed by atoms with van der Waals surface area (Å²) in [5.74, 6) is 0. The summed E-state index contributed by atoms with van der Waals surface area (Å²) >= 11 is 0. The molecule has 0 amide bonds. The van der Waals surface area contributed by atoms with Gasteiger partial charge in [0.2, 0.25) is 0 Å². The van der Waals surface area contributed by atoms with E-state index in [9.17, 15) is 0 Å². The van der Waals surface area contributed by atoms with Gasteiger partial charge in [-0.05, 0) is 156 Å². The first-order valence-corrected chi connectivity index (χ1v) is 18.0. The Kier molecular flexibility index (Phi) is 7.11. The minimum absolute atomic E-state index is 1.14. The monoisotopic (exact) mass is 661 g/mol. The van der Waals surface area contributed by atoms with Crippen LogP contribution in [0.15, 0.2) is 194 Å². The highest BCUT2D eigenvalue weighted by molar-refractivity contribution is 6.13. The molecule has 10 rings (SSSR count). The number of nitrogens with zero attached hydrogens (tertiary/aromatic N) is 1. The lowest BCUT2D eigenvalue weighted by Gasteiger charge is -2.29. The molecule has 0 fully saturated rings. The Morgan fingerprint density at radius 2 is 0.731 bits per heavy atom. The number of para-hydroxylation sites is 1. The maximum Gasteiger partial charge on any atom is 0.0496 e. The molecule has 1 aliphatic carbocycles. The van der Waals surface area contributed by atoms with E-state index in [1.807, 2.05) is 0 Å². The summed E-state index contributed by atoms with van der Waals surface area (Å²) in [5, 5.41) is 5.02. The van der Waals surface area contributed by atoms with E-state index >= 15 is 0 Å². The van der Waals surface area contributed by atoms with Crippen molar-refractivity contribution in [2.75, 3.05) is 4.90 Å². The summed E-state index contributed by atoms with van der Waals surface area (Å²) < 4.78 is 0. The SMILES string of the molecule is Cc1ccc(-c2ccccc2)cc1N(c1ccccc1)c1ccc2cc3c(cc2c1)-c1cc2cc(-c4ccccc4)c(-c4ccccc4)cc2cc1-3.